The number of fused-ring (bicyclic) bond motifs is 3. The van der Waals surface area contributed by atoms with E-state index in [9.17, 15) is 0 Å². The van der Waals surface area contributed by atoms with Gasteiger partial charge in [-0.2, -0.15) is 12.1 Å². The van der Waals surface area contributed by atoms with Crippen LogP contribution in [0, 0.1) is 18.8 Å². The van der Waals surface area contributed by atoms with Crippen LogP contribution in [0.4, 0.5) is 11.4 Å². The van der Waals surface area contributed by atoms with Crippen molar-refractivity contribution < 1.29 is 25.8 Å². The van der Waals surface area contributed by atoms with Crippen LogP contribution in [0.5, 0.6) is 11.5 Å². The molecule has 0 atom stereocenters. The molecule has 6 heteroatoms. The van der Waals surface area contributed by atoms with E-state index in [2.05, 4.69) is 162 Å². The van der Waals surface area contributed by atoms with E-state index < -0.39 is 0 Å². The summed E-state index contributed by atoms with van der Waals surface area (Å²) in [4.78, 5) is 9.04. The number of rotatable bonds is 5. The van der Waals surface area contributed by atoms with Crippen molar-refractivity contribution in [3.63, 3.8) is 0 Å². The fourth-order valence-corrected chi connectivity index (χ4v) is 6.45. The zero-order valence-corrected chi connectivity index (χ0v) is 32.7. The molecule has 50 heavy (non-hydrogen) atoms. The van der Waals surface area contributed by atoms with Gasteiger partial charge in [0.15, 0.2) is 0 Å². The summed E-state index contributed by atoms with van der Waals surface area (Å²) in [5.41, 5.74) is 7.92. The number of hydrogen-bond donors (Lipinski definition) is 0. The van der Waals surface area contributed by atoms with Gasteiger partial charge in [0, 0.05) is 50.0 Å². The van der Waals surface area contributed by atoms with Gasteiger partial charge in [0.1, 0.15) is 5.82 Å². The molecule has 260 valence electrons. The van der Waals surface area contributed by atoms with E-state index in [1.807, 2.05) is 36.7 Å². The molecule has 2 aromatic heterocycles. The molecule has 0 amide bonds. The summed E-state index contributed by atoms with van der Waals surface area (Å²) in [6.45, 7) is 22.3. The van der Waals surface area contributed by atoms with Crippen molar-refractivity contribution in [2.45, 2.75) is 78.6 Å². The molecule has 6 aromatic rings. The van der Waals surface area contributed by atoms with Gasteiger partial charge < -0.3 is 19.1 Å². The summed E-state index contributed by atoms with van der Waals surface area (Å²) in [7, 11) is 0. The largest absolute Gasteiger partial charge is 0.509 e. The Balaban J connectivity index is 0.00000432. The number of aromatic nitrogens is 2. The molecule has 0 saturated carbocycles. The monoisotopic (exact) mass is 840 g/mol. The minimum Gasteiger partial charge on any atom is -0.509 e. The van der Waals surface area contributed by atoms with Crippen LogP contribution in [0.3, 0.4) is 0 Å². The molecule has 0 N–H and O–H groups in total. The van der Waals surface area contributed by atoms with E-state index in [1.54, 1.807) is 0 Å². The second-order valence-corrected chi connectivity index (χ2v) is 16.1. The first-order valence-corrected chi connectivity index (χ1v) is 17.0. The molecule has 5 nitrogen and oxygen atoms in total. The molecular formula is C44H45N4OPt-3. The normalized spacial score (nSPS) is 13.7. The minimum atomic E-state index is -0.0453. The molecule has 0 radical (unpaired) electrons. The van der Waals surface area contributed by atoms with Gasteiger partial charge in [-0.1, -0.05) is 92.1 Å². The van der Waals surface area contributed by atoms with Crippen LogP contribution in [-0.4, -0.2) is 9.55 Å². The Hall–Kier alpha value is -4.34. The molecule has 0 unspecified atom stereocenters. The molecule has 0 aliphatic carbocycles. The Morgan fingerprint density at radius 1 is 0.660 bits per heavy atom. The summed E-state index contributed by atoms with van der Waals surface area (Å²) in [6, 6.07) is 36.9. The van der Waals surface area contributed by atoms with Gasteiger partial charge in [0.25, 0.3) is 0 Å². The number of hydrogen-bond acceptors (Lipinski definition) is 4. The van der Waals surface area contributed by atoms with Crippen LogP contribution >= 0.6 is 0 Å². The summed E-state index contributed by atoms with van der Waals surface area (Å²) in [6.07, 6.45) is 6.01. The Morgan fingerprint density at radius 3 is 2.04 bits per heavy atom. The van der Waals surface area contributed by atoms with Crippen molar-refractivity contribution in [2.75, 3.05) is 9.80 Å². The van der Waals surface area contributed by atoms with Crippen molar-refractivity contribution in [3.8, 4) is 17.3 Å². The van der Waals surface area contributed by atoms with Crippen molar-refractivity contribution in [3.05, 3.63) is 139 Å². The summed E-state index contributed by atoms with van der Waals surface area (Å²) in [5, 5.41) is 2.35. The standard InChI is InChI=1S/C44H45N4O.Pt/c1-42(2,3)30-16-18-32(19-17-30)46-24-25-47(29-46)33-12-10-13-34(27-33)49-35-20-21-36-39(28-35)48(40-26-31(22-23-45-40)43(4,5)6)38-15-11-14-37(41(36)38)44(7,8)9;/h10-26,29H,1-9H3;/q-3;. The van der Waals surface area contributed by atoms with Crippen LogP contribution in [0.15, 0.2) is 104 Å². The van der Waals surface area contributed by atoms with Crippen LogP contribution in [-0.2, 0) is 37.3 Å². The zero-order valence-electron chi connectivity index (χ0n) is 30.4. The van der Waals surface area contributed by atoms with Crippen molar-refractivity contribution in [2.24, 2.45) is 0 Å². The Bertz CT molecular complexity index is 2190. The SMILES string of the molecule is CC(C)(C)c1ccc(N2C=CN(c3[c-]c(Oc4[c-]c5c(cc4)c4c(C(C)(C)C)cccc4n5-c4cc(C(C)(C)C)ccn4)ccc3)[CH-]2)cc1.[Pt]. The predicted octanol–water partition coefficient (Wildman–Crippen LogP) is 11.4. The molecular weight excluding hydrogens is 796 g/mol. The fraction of sp³-hybridized carbons (Fsp3) is 0.273. The third kappa shape index (κ3) is 6.85. The van der Waals surface area contributed by atoms with Crippen molar-refractivity contribution in [1.29, 1.82) is 0 Å². The Morgan fingerprint density at radius 2 is 1.34 bits per heavy atom. The number of anilines is 2. The number of benzene rings is 4. The maximum absolute atomic E-state index is 6.48. The number of ether oxygens (including phenoxy) is 1. The van der Waals surface area contributed by atoms with E-state index >= 15 is 0 Å². The molecule has 3 heterocycles. The van der Waals surface area contributed by atoms with Gasteiger partial charge in [-0.05, 0) is 81.1 Å². The Kier molecular flexibility index (Phi) is 9.29. The average Bonchev–Trinajstić information content (AvgIpc) is 3.67. The second kappa shape index (κ2) is 13.1. The first-order chi connectivity index (χ1) is 23.2. The zero-order chi connectivity index (χ0) is 34.7. The summed E-state index contributed by atoms with van der Waals surface area (Å²) in [5.74, 6) is 2.11. The number of pyridine rings is 1. The first kappa shape index (κ1) is 35.5. The van der Waals surface area contributed by atoms with Crippen LogP contribution in [0.25, 0.3) is 27.6 Å². The third-order valence-electron chi connectivity index (χ3n) is 9.24. The molecule has 7 rings (SSSR count). The van der Waals surface area contributed by atoms with E-state index in [-0.39, 0.29) is 37.3 Å². The quantitative estimate of drug-likeness (QED) is 0.162. The van der Waals surface area contributed by atoms with Gasteiger partial charge in [-0.25, -0.2) is 4.98 Å². The molecule has 0 spiro atoms. The molecule has 1 aliphatic rings. The summed E-state index contributed by atoms with van der Waals surface area (Å²) < 4.78 is 8.71. The van der Waals surface area contributed by atoms with Crippen LogP contribution < -0.4 is 14.5 Å². The maximum atomic E-state index is 6.48. The minimum absolute atomic E-state index is 0. The van der Waals surface area contributed by atoms with E-state index in [4.69, 9.17) is 9.72 Å². The molecule has 0 saturated heterocycles. The van der Waals surface area contributed by atoms with Gasteiger partial charge >= 0.3 is 0 Å². The van der Waals surface area contributed by atoms with Gasteiger partial charge in [0.05, 0.1) is 0 Å². The van der Waals surface area contributed by atoms with Crippen molar-refractivity contribution in [1.82, 2.24) is 9.55 Å². The van der Waals surface area contributed by atoms with E-state index in [0.29, 0.717) is 11.5 Å². The van der Waals surface area contributed by atoms with Crippen molar-refractivity contribution >= 4 is 33.2 Å². The fourth-order valence-electron chi connectivity index (χ4n) is 6.45. The van der Waals surface area contributed by atoms with E-state index in [1.165, 1.54) is 22.1 Å². The predicted molar refractivity (Wildman–Crippen MR) is 204 cm³/mol. The first-order valence-electron chi connectivity index (χ1n) is 17.0. The topological polar surface area (TPSA) is 33.5 Å². The van der Waals surface area contributed by atoms with Crippen LogP contribution in [0.1, 0.15) is 79.0 Å². The van der Waals surface area contributed by atoms with Gasteiger partial charge in [0.2, 0.25) is 0 Å². The molecule has 0 bridgehead atoms. The summed E-state index contributed by atoms with van der Waals surface area (Å²) >= 11 is 0. The average molecular weight is 841 g/mol. The van der Waals surface area contributed by atoms with Crippen LogP contribution in [0.2, 0.25) is 0 Å². The number of nitrogens with zero attached hydrogens (tertiary/aromatic N) is 4. The van der Waals surface area contributed by atoms with E-state index in [0.717, 1.165) is 33.6 Å². The third-order valence-corrected chi connectivity index (χ3v) is 9.24. The smallest absolute Gasteiger partial charge is 0.135 e. The molecule has 0 fully saturated rings. The van der Waals surface area contributed by atoms with Gasteiger partial charge in [-0.15, -0.1) is 48.1 Å². The Labute approximate surface area is 311 Å². The molecule has 1 aliphatic heterocycles. The van der Waals surface area contributed by atoms with Gasteiger partial charge in [-0.3, -0.25) is 0 Å². The maximum Gasteiger partial charge on any atom is 0.135 e. The molecule has 4 aromatic carbocycles. The second-order valence-electron chi connectivity index (χ2n) is 16.1.